The second-order valence-corrected chi connectivity index (χ2v) is 7.23. The molecule has 0 aliphatic carbocycles. The van der Waals surface area contributed by atoms with Crippen LogP contribution in [0, 0.1) is 0 Å². The first-order valence-corrected chi connectivity index (χ1v) is 8.50. The summed E-state index contributed by atoms with van der Waals surface area (Å²) in [6.07, 6.45) is 1.60. The third-order valence-electron chi connectivity index (χ3n) is 3.07. The molecule has 0 aliphatic rings. The highest BCUT2D eigenvalue weighted by Gasteiger charge is 2.02. The first-order valence-electron chi connectivity index (χ1n) is 6.89. The summed E-state index contributed by atoms with van der Waals surface area (Å²) in [6.45, 7) is -0.0795. The van der Waals surface area contributed by atoms with Crippen LogP contribution < -0.4 is 10.2 Å². The number of ether oxygens (including phenoxy) is 1. The molecule has 1 heterocycles. The Morgan fingerprint density at radius 3 is 2.78 bits per heavy atom. The van der Waals surface area contributed by atoms with Crippen LogP contribution in [0.5, 0.6) is 5.75 Å². The zero-order valence-corrected chi connectivity index (χ0v) is 14.4. The van der Waals surface area contributed by atoms with E-state index in [9.17, 15) is 4.79 Å². The number of thiophene rings is 1. The summed E-state index contributed by atoms with van der Waals surface area (Å²) < 4.78 is 6.51. The molecule has 1 amide bonds. The van der Waals surface area contributed by atoms with Gasteiger partial charge in [-0.05, 0) is 51.0 Å². The second-order valence-electron chi connectivity index (χ2n) is 4.73. The lowest BCUT2D eigenvalue weighted by Gasteiger charge is -2.06. The number of fused-ring (bicyclic) bond motifs is 1. The summed E-state index contributed by atoms with van der Waals surface area (Å²) in [7, 11) is 0. The highest BCUT2D eigenvalue weighted by atomic mass is 79.9. The molecule has 3 rings (SSSR count). The van der Waals surface area contributed by atoms with Crippen LogP contribution in [0.15, 0.2) is 63.5 Å². The SMILES string of the molecule is O=C(COc1ccc2ccccc2c1)N/N=C/c1ccc(Br)s1. The molecule has 0 bridgehead atoms. The van der Waals surface area contributed by atoms with E-state index in [0.717, 1.165) is 19.4 Å². The maximum atomic E-state index is 11.7. The van der Waals surface area contributed by atoms with E-state index >= 15 is 0 Å². The predicted octanol–water partition coefficient (Wildman–Crippen LogP) is 4.19. The number of hydrogen-bond donors (Lipinski definition) is 1. The third kappa shape index (κ3) is 4.40. The molecule has 6 heteroatoms. The van der Waals surface area contributed by atoms with Crippen LogP contribution in [0.3, 0.4) is 0 Å². The zero-order chi connectivity index (χ0) is 16.1. The van der Waals surface area contributed by atoms with Crippen molar-refractivity contribution in [3.05, 3.63) is 63.3 Å². The molecule has 4 nitrogen and oxygen atoms in total. The van der Waals surface area contributed by atoms with Crippen molar-refractivity contribution in [2.24, 2.45) is 5.10 Å². The minimum Gasteiger partial charge on any atom is -0.484 e. The Morgan fingerprint density at radius 2 is 2.00 bits per heavy atom. The summed E-state index contributed by atoms with van der Waals surface area (Å²) >= 11 is 4.91. The number of benzene rings is 2. The molecule has 2 aromatic carbocycles. The quantitative estimate of drug-likeness (QED) is 0.526. The molecule has 1 N–H and O–H groups in total. The van der Waals surface area contributed by atoms with Gasteiger partial charge in [0.05, 0.1) is 10.0 Å². The zero-order valence-electron chi connectivity index (χ0n) is 12.0. The molecule has 0 saturated carbocycles. The number of hydrogen-bond acceptors (Lipinski definition) is 4. The van der Waals surface area contributed by atoms with Gasteiger partial charge in [-0.25, -0.2) is 5.43 Å². The number of nitrogens with one attached hydrogen (secondary N) is 1. The molecular formula is C17H13BrN2O2S. The Kier molecular flexibility index (Phi) is 5.05. The number of nitrogens with zero attached hydrogens (tertiary/aromatic N) is 1. The fourth-order valence-electron chi connectivity index (χ4n) is 2.00. The van der Waals surface area contributed by atoms with Gasteiger partial charge in [0.25, 0.3) is 5.91 Å². The van der Waals surface area contributed by atoms with Gasteiger partial charge in [0.15, 0.2) is 6.61 Å². The van der Waals surface area contributed by atoms with E-state index in [2.05, 4.69) is 26.5 Å². The fraction of sp³-hybridized carbons (Fsp3) is 0.0588. The van der Waals surface area contributed by atoms with Gasteiger partial charge in [-0.3, -0.25) is 4.79 Å². The van der Waals surface area contributed by atoms with E-state index in [0.29, 0.717) is 5.75 Å². The van der Waals surface area contributed by atoms with Gasteiger partial charge in [0.1, 0.15) is 5.75 Å². The molecular weight excluding hydrogens is 376 g/mol. The Labute approximate surface area is 145 Å². The fourth-order valence-corrected chi connectivity index (χ4v) is 3.30. The van der Waals surface area contributed by atoms with E-state index < -0.39 is 0 Å². The minimum absolute atomic E-state index is 0.0795. The molecule has 116 valence electrons. The van der Waals surface area contributed by atoms with Crippen LogP contribution in [0.25, 0.3) is 10.8 Å². The van der Waals surface area contributed by atoms with Crippen molar-refractivity contribution in [2.75, 3.05) is 6.61 Å². The number of rotatable bonds is 5. The van der Waals surface area contributed by atoms with Gasteiger partial charge in [-0.2, -0.15) is 5.10 Å². The maximum absolute atomic E-state index is 11.7. The Morgan fingerprint density at radius 1 is 1.17 bits per heavy atom. The summed E-state index contributed by atoms with van der Waals surface area (Å²) in [4.78, 5) is 12.7. The van der Waals surface area contributed by atoms with Crippen molar-refractivity contribution in [1.82, 2.24) is 5.43 Å². The van der Waals surface area contributed by atoms with Gasteiger partial charge in [-0.1, -0.05) is 30.3 Å². The smallest absolute Gasteiger partial charge is 0.277 e. The molecule has 0 radical (unpaired) electrons. The van der Waals surface area contributed by atoms with Gasteiger partial charge in [0, 0.05) is 4.88 Å². The lowest BCUT2D eigenvalue weighted by molar-refractivity contribution is -0.123. The van der Waals surface area contributed by atoms with E-state index in [1.807, 2.05) is 54.6 Å². The molecule has 1 aromatic heterocycles. The van der Waals surface area contributed by atoms with Gasteiger partial charge in [-0.15, -0.1) is 11.3 Å². The van der Waals surface area contributed by atoms with Crippen molar-refractivity contribution in [3.8, 4) is 5.75 Å². The Bertz CT molecular complexity index is 860. The van der Waals surface area contributed by atoms with E-state index in [-0.39, 0.29) is 12.5 Å². The highest BCUT2D eigenvalue weighted by molar-refractivity contribution is 9.11. The normalized spacial score (nSPS) is 11.0. The van der Waals surface area contributed by atoms with Crippen LogP contribution in [0.4, 0.5) is 0 Å². The number of hydrazone groups is 1. The number of carbonyl (C=O) groups is 1. The van der Waals surface area contributed by atoms with Crippen molar-refractivity contribution in [3.63, 3.8) is 0 Å². The standard InChI is InChI=1S/C17H13BrN2O2S/c18-16-8-7-15(23-16)10-19-20-17(21)11-22-14-6-5-12-3-1-2-4-13(12)9-14/h1-10H,11H2,(H,20,21)/b19-10+. The summed E-state index contributed by atoms with van der Waals surface area (Å²) in [5, 5.41) is 6.11. The average Bonchev–Trinajstić information content (AvgIpc) is 2.98. The third-order valence-corrected chi connectivity index (χ3v) is 4.62. The molecule has 0 spiro atoms. The Hall–Kier alpha value is -2.18. The largest absolute Gasteiger partial charge is 0.484 e. The van der Waals surface area contributed by atoms with Crippen molar-refractivity contribution >= 4 is 50.2 Å². The predicted molar refractivity (Wildman–Crippen MR) is 97.2 cm³/mol. The molecule has 3 aromatic rings. The average molecular weight is 389 g/mol. The Balaban J connectivity index is 1.52. The van der Waals surface area contributed by atoms with E-state index in [1.165, 1.54) is 11.3 Å². The summed E-state index contributed by atoms with van der Waals surface area (Å²) in [6, 6.07) is 17.6. The van der Waals surface area contributed by atoms with Gasteiger partial charge in [0.2, 0.25) is 0 Å². The molecule has 0 unspecified atom stereocenters. The molecule has 0 aliphatic heterocycles. The lowest BCUT2D eigenvalue weighted by Crippen LogP contribution is -2.24. The van der Waals surface area contributed by atoms with Crippen LogP contribution >= 0.6 is 27.3 Å². The number of carbonyl (C=O) groups excluding carboxylic acids is 1. The molecule has 0 fully saturated rings. The summed E-state index contributed by atoms with van der Waals surface area (Å²) in [5.74, 6) is 0.357. The maximum Gasteiger partial charge on any atom is 0.277 e. The summed E-state index contributed by atoms with van der Waals surface area (Å²) in [5.41, 5.74) is 2.44. The topological polar surface area (TPSA) is 50.7 Å². The monoisotopic (exact) mass is 388 g/mol. The minimum atomic E-state index is -0.301. The second kappa shape index (κ2) is 7.39. The first-order chi connectivity index (χ1) is 11.2. The van der Waals surface area contributed by atoms with Crippen molar-refractivity contribution in [2.45, 2.75) is 0 Å². The lowest BCUT2D eigenvalue weighted by atomic mass is 10.1. The molecule has 0 atom stereocenters. The van der Waals surface area contributed by atoms with Crippen LogP contribution in [-0.2, 0) is 4.79 Å². The van der Waals surface area contributed by atoms with E-state index in [4.69, 9.17) is 4.74 Å². The van der Waals surface area contributed by atoms with Crippen LogP contribution in [0.1, 0.15) is 4.88 Å². The van der Waals surface area contributed by atoms with Crippen molar-refractivity contribution < 1.29 is 9.53 Å². The number of amides is 1. The van der Waals surface area contributed by atoms with Crippen LogP contribution in [0.2, 0.25) is 0 Å². The van der Waals surface area contributed by atoms with Crippen LogP contribution in [-0.4, -0.2) is 18.7 Å². The van der Waals surface area contributed by atoms with Gasteiger partial charge < -0.3 is 4.74 Å². The van der Waals surface area contributed by atoms with Crippen molar-refractivity contribution in [1.29, 1.82) is 0 Å². The highest BCUT2D eigenvalue weighted by Crippen LogP contribution is 2.21. The molecule has 0 saturated heterocycles. The first kappa shape index (κ1) is 15.7. The van der Waals surface area contributed by atoms with Gasteiger partial charge >= 0.3 is 0 Å². The van der Waals surface area contributed by atoms with E-state index in [1.54, 1.807) is 6.21 Å². The number of halogens is 1. The molecule has 23 heavy (non-hydrogen) atoms.